The van der Waals surface area contributed by atoms with Gasteiger partial charge in [-0.3, -0.25) is 9.69 Å². The van der Waals surface area contributed by atoms with Gasteiger partial charge >= 0.3 is 0 Å². The molecule has 96 valence electrons. The summed E-state index contributed by atoms with van der Waals surface area (Å²) in [6.45, 7) is 6.51. The van der Waals surface area contributed by atoms with E-state index in [1.54, 1.807) is 0 Å². The molecule has 5 nitrogen and oxygen atoms in total. The molecule has 17 heavy (non-hydrogen) atoms. The van der Waals surface area contributed by atoms with Gasteiger partial charge in [-0.2, -0.15) is 5.26 Å². The van der Waals surface area contributed by atoms with Gasteiger partial charge in [0, 0.05) is 45.7 Å². The predicted molar refractivity (Wildman–Crippen MR) is 66.1 cm³/mol. The Kier molecular flexibility index (Phi) is 5.95. The van der Waals surface area contributed by atoms with Gasteiger partial charge in [0.1, 0.15) is 0 Å². The summed E-state index contributed by atoms with van der Waals surface area (Å²) in [7, 11) is 0. The highest BCUT2D eigenvalue weighted by molar-refractivity contribution is 5.79. The van der Waals surface area contributed by atoms with Crippen LogP contribution >= 0.6 is 0 Å². The maximum absolute atomic E-state index is 12.1. The van der Waals surface area contributed by atoms with Gasteiger partial charge in [0.05, 0.1) is 12.0 Å². The van der Waals surface area contributed by atoms with Crippen molar-refractivity contribution in [2.75, 3.05) is 39.3 Å². The molecule has 1 fully saturated rings. The lowest BCUT2D eigenvalue weighted by molar-refractivity contribution is -0.137. The molecule has 0 aromatic rings. The molecule has 0 radical (unpaired) electrons. The van der Waals surface area contributed by atoms with Crippen LogP contribution in [0.3, 0.4) is 0 Å². The van der Waals surface area contributed by atoms with Gasteiger partial charge in [0.2, 0.25) is 5.91 Å². The van der Waals surface area contributed by atoms with Crippen LogP contribution in [0.15, 0.2) is 0 Å². The largest absolute Gasteiger partial charge is 0.340 e. The second kappa shape index (κ2) is 7.25. The SMILES string of the molecule is CCC(CN)C(=O)N1CCN(CCC#N)CC1. The molecule has 1 aliphatic heterocycles. The first-order chi connectivity index (χ1) is 8.22. The van der Waals surface area contributed by atoms with Gasteiger partial charge in [-0.05, 0) is 6.42 Å². The van der Waals surface area contributed by atoms with Gasteiger partial charge in [-0.25, -0.2) is 0 Å². The van der Waals surface area contributed by atoms with Crippen molar-refractivity contribution in [3.8, 4) is 6.07 Å². The minimum atomic E-state index is -0.0272. The predicted octanol–water partition coefficient (Wildman–Crippen LogP) is 0.0292. The van der Waals surface area contributed by atoms with Crippen LogP contribution in [0.1, 0.15) is 19.8 Å². The molecule has 1 saturated heterocycles. The second-order valence-electron chi connectivity index (χ2n) is 4.42. The summed E-state index contributed by atoms with van der Waals surface area (Å²) in [5, 5.41) is 8.52. The van der Waals surface area contributed by atoms with Crippen molar-refractivity contribution < 1.29 is 4.79 Å². The zero-order valence-electron chi connectivity index (χ0n) is 10.6. The van der Waals surface area contributed by atoms with E-state index < -0.39 is 0 Å². The Labute approximate surface area is 103 Å². The third kappa shape index (κ3) is 3.99. The van der Waals surface area contributed by atoms with E-state index in [-0.39, 0.29) is 11.8 Å². The number of nitrogens with zero attached hydrogens (tertiary/aromatic N) is 3. The van der Waals surface area contributed by atoms with Crippen LogP contribution in [0.25, 0.3) is 0 Å². The normalized spacial score (nSPS) is 18.8. The first-order valence-corrected chi connectivity index (χ1v) is 6.31. The number of nitriles is 1. The van der Waals surface area contributed by atoms with E-state index in [9.17, 15) is 4.79 Å². The maximum atomic E-state index is 12.1. The lowest BCUT2D eigenvalue weighted by Crippen LogP contribution is -2.51. The Morgan fingerprint density at radius 3 is 2.53 bits per heavy atom. The molecule has 5 heteroatoms. The Balaban J connectivity index is 2.36. The van der Waals surface area contributed by atoms with Crippen LogP contribution in [0.5, 0.6) is 0 Å². The van der Waals surface area contributed by atoms with Gasteiger partial charge in [-0.15, -0.1) is 0 Å². The highest BCUT2D eigenvalue weighted by Gasteiger charge is 2.25. The molecule has 1 unspecified atom stereocenters. The van der Waals surface area contributed by atoms with E-state index in [1.807, 2.05) is 11.8 Å². The van der Waals surface area contributed by atoms with Gasteiger partial charge in [0.15, 0.2) is 0 Å². The molecule has 2 N–H and O–H groups in total. The number of carbonyl (C=O) groups excluding carboxylic acids is 1. The lowest BCUT2D eigenvalue weighted by atomic mass is 10.0. The van der Waals surface area contributed by atoms with Crippen LogP contribution in [0.2, 0.25) is 0 Å². The molecule has 0 saturated carbocycles. The first kappa shape index (κ1) is 13.9. The third-order valence-electron chi connectivity index (χ3n) is 3.35. The fourth-order valence-corrected chi connectivity index (χ4v) is 2.10. The molecule has 1 heterocycles. The number of amides is 1. The summed E-state index contributed by atoms with van der Waals surface area (Å²) in [6.07, 6.45) is 1.37. The van der Waals surface area contributed by atoms with Crippen molar-refractivity contribution in [3.63, 3.8) is 0 Å². The van der Waals surface area contributed by atoms with Crippen LogP contribution in [0, 0.1) is 17.2 Å². The summed E-state index contributed by atoms with van der Waals surface area (Å²) >= 11 is 0. The van der Waals surface area contributed by atoms with E-state index in [4.69, 9.17) is 11.0 Å². The van der Waals surface area contributed by atoms with Gasteiger partial charge in [-0.1, -0.05) is 6.92 Å². The number of carbonyl (C=O) groups is 1. The molecule has 1 atom stereocenters. The van der Waals surface area contributed by atoms with Crippen LogP contribution in [-0.2, 0) is 4.79 Å². The molecule has 0 aliphatic carbocycles. The zero-order chi connectivity index (χ0) is 12.7. The third-order valence-corrected chi connectivity index (χ3v) is 3.35. The fourth-order valence-electron chi connectivity index (χ4n) is 2.10. The van der Waals surface area contributed by atoms with Gasteiger partial charge < -0.3 is 10.6 Å². The fraction of sp³-hybridized carbons (Fsp3) is 0.833. The smallest absolute Gasteiger partial charge is 0.227 e. The number of nitrogens with two attached hydrogens (primary N) is 1. The van der Waals surface area contributed by atoms with Crippen LogP contribution in [0.4, 0.5) is 0 Å². The molecule has 0 aromatic carbocycles. The van der Waals surface area contributed by atoms with Gasteiger partial charge in [0.25, 0.3) is 0 Å². The molecular weight excluding hydrogens is 216 g/mol. The van der Waals surface area contributed by atoms with E-state index in [1.165, 1.54) is 0 Å². The summed E-state index contributed by atoms with van der Waals surface area (Å²) in [5.74, 6) is 0.163. The van der Waals surface area contributed by atoms with E-state index in [0.29, 0.717) is 13.0 Å². The Bertz CT molecular complexity index is 275. The Morgan fingerprint density at radius 1 is 1.41 bits per heavy atom. The molecule has 1 amide bonds. The van der Waals surface area contributed by atoms with E-state index in [2.05, 4.69) is 11.0 Å². The minimum Gasteiger partial charge on any atom is -0.340 e. The summed E-state index contributed by atoms with van der Waals surface area (Å²) in [4.78, 5) is 16.2. The van der Waals surface area contributed by atoms with Crippen molar-refractivity contribution in [1.29, 1.82) is 5.26 Å². The standard InChI is InChI=1S/C12H22N4O/c1-2-11(10-14)12(17)16-8-6-15(7-9-16)5-3-4-13/h11H,2-3,5-10,14H2,1H3. The topological polar surface area (TPSA) is 73.4 Å². The molecule has 0 bridgehead atoms. The van der Waals surface area contributed by atoms with Crippen molar-refractivity contribution in [1.82, 2.24) is 9.80 Å². The molecular formula is C12H22N4O. The lowest BCUT2D eigenvalue weighted by Gasteiger charge is -2.35. The highest BCUT2D eigenvalue weighted by atomic mass is 16.2. The number of rotatable bonds is 5. The van der Waals surface area contributed by atoms with E-state index >= 15 is 0 Å². The number of piperazine rings is 1. The van der Waals surface area contributed by atoms with Crippen molar-refractivity contribution >= 4 is 5.91 Å². The quantitative estimate of drug-likeness (QED) is 0.733. The number of hydrogen-bond acceptors (Lipinski definition) is 4. The number of hydrogen-bond donors (Lipinski definition) is 1. The zero-order valence-corrected chi connectivity index (χ0v) is 10.6. The monoisotopic (exact) mass is 238 g/mol. The maximum Gasteiger partial charge on any atom is 0.227 e. The molecule has 0 aromatic heterocycles. The summed E-state index contributed by atoms with van der Waals surface area (Å²) < 4.78 is 0. The second-order valence-corrected chi connectivity index (χ2v) is 4.42. The average Bonchev–Trinajstić information content (AvgIpc) is 2.38. The van der Waals surface area contributed by atoms with Crippen molar-refractivity contribution in [2.45, 2.75) is 19.8 Å². The molecule has 1 aliphatic rings. The van der Waals surface area contributed by atoms with Crippen molar-refractivity contribution in [3.05, 3.63) is 0 Å². The summed E-state index contributed by atoms with van der Waals surface area (Å²) in [5.41, 5.74) is 5.59. The Morgan fingerprint density at radius 2 is 2.06 bits per heavy atom. The molecule has 0 spiro atoms. The summed E-state index contributed by atoms with van der Waals surface area (Å²) in [6, 6.07) is 2.15. The van der Waals surface area contributed by atoms with Crippen LogP contribution < -0.4 is 5.73 Å². The van der Waals surface area contributed by atoms with Crippen LogP contribution in [-0.4, -0.2) is 55.0 Å². The average molecular weight is 238 g/mol. The van der Waals surface area contributed by atoms with E-state index in [0.717, 1.165) is 39.1 Å². The first-order valence-electron chi connectivity index (χ1n) is 6.31. The van der Waals surface area contributed by atoms with Crippen molar-refractivity contribution in [2.24, 2.45) is 11.7 Å². The molecule has 1 rings (SSSR count). The highest BCUT2D eigenvalue weighted by Crippen LogP contribution is 2.10. The Hall–Kier alpha value is -1.12. The minimum absolute atomic E-state index is 0.0272.